The summed E-state index contributed by atoms with van der Waals surface area (Å²) in [7, 11) is 0. The Morgan fingerprint density at radius 3 is 2.19 bits per heavy atom. The lowest BCUT2D eigenvalue weighted by Crippen LogP contribution is -2.32. The second kappa shape index (κ2) is 5.53. The summed E-state index contributed by atoms with van der Waals surface area (Å²) in [5.41, 5.74) is 0. The fourth-order valence-corrected chi connectivity index (χ4v) is 4.11. The first-order valence-electron chi connectivity index (χ1n) is 7.31. The van der Waals surface area contributed by atoms with E-state index < -0.39 is 0 Å². The highest BCUT2D eigenvalue weighted by molar-refractivity contribution is 4.84. The first-order valence-corrected chi connectivity index (χ1v) is 7.31. The highest BCUT2D eigenvalue weighted by atomic mass is 16.3. The monoisotopic (exact) mass is 224 g/mol. The van der Waals surface area contributed by atoms with Gasteiger partial charge in [-0.25, -0.2) is 0 Å². The van der Waals surface area contributed by atoms with Crippen molar-refractivity contribution < 1.29 is 5.11 Å². The molecule has 2 saturated carbocycles. The number of hydrogen-bond donors (Lipinski definition) is 1. The van der Waals surface area contributed by atoms with Crippen molar-refractivity contribution in [3.8, 4) is 0 Å². The van der Waals surface area contributed by atoms with Crippen LogP contribution in [-0.4, -0.2) is 11.7 Å². The van der Waals surface area contributed by atoms with E-state index in [9.17, 15) is 5.11 Å². The van der Waals surface area contributed by atoms with Gasteiger partial charge in [0.15, 0.2) is 0 Å². The van der Waals surface area contributed by atoms with Crippen LogP contribution in [0.5, 0.6) is 0 Å². The van der Waals surface area contributed by atoms with Crippen LogP contribution in [0, 0.1) is 29.6 Å². The van der Waals surface area contributed by atoms with Gasteiger partial charge in [-0.15, -0.1) is 0 Å². The van der Waals surface area contributed by atoms with Crippen molar-refractivity contribution in [1.82, 2.24) is 0 Å². The van der Waals surface area contributed by atoms with Crippen molar-refractivity contribution in [3.63, 3.8) is 0 Å². The average Bonchev–Trinajstić information content (AvgIpc) is 2.30. The van der Waals surface area contributed by atoms with Crippen LogP contribution in [0.4, 0.5) is 0 Å². The van der Waals surface area contributed by atoms with E-state index in [2.05, 4.69) is 13.8 Å². The van der Waals surface area contributed by atoms with Crippen molar-refractivity contribution in [1.29, 1.82) is 0 Å². The average molecular weight is 224 g/mol. The molecule has 2 rings (SSSR count). The van der Waals surface area contributed by atoms with Crippen LogP contribution in [0.2, 0.25) is 0 Å². The van der Waals surface area contributed by atoms with Gasteiger partial charge in [0.05, 0.1) is 0 Å². The van der Waals surface area contributed by atoms with Gasteiger partial charge in [-0.2, -0.15) is 0 Å². The Balaban J connectivity index is 1.85. The standard InChI is InChI=1S/C15H28O/c1-11-3-6-14(7-4-11)15-8-5-13(10-16)9-12(15)2/h11-16H,3-10H2,1-2H3. The summed E-state index contributed by atoms with van der Waals surface area (Å²) >= 11 is 0. The lowest BCUT2D eigenvalue weighted by molar-refractivity contribution is 0.0754. The highest BCUT2D eigenvalue weighted by Gasteiger charge is 2.33. The molecular formula is C15H28O. The van der Waals surface area contributed by atoms with Gasteiger partial charge in [0.2, 0.25) is 0 Å². The Hall–Kier alpha value is -0.0400. The largest absolute Gasteiger partial charge is 0.396 e. The Morgan fingerprint density at radius 2 is 1.62 bits per heavy atom. The van der Waals surface area contributed by atoms with Crippen molar-refractivity contribution in [3.05, 3.63) is 0 Å². The first-order chi connectivity index (χ1) is 7.70. The minimum Gasteiger partial charge on any atom is -0.396 e. The highest BCUT2D eigenvalue weighted by Crippen LogP contribution is 2.43. The maximum absolute atomic E-state index is 9.24. The maximum Gasteiger partial charge on any atom is 0.0459 e. The fraction of sp³-hybridized carbons (Fsp3) is 1.00. The zero-order valence-corrected chi connectivity index (χ0v) is 11.0. The zero-order chi connectivity index (χ0) is 11.5. The molecule has 0 spiro atoms. The van der Waals surface area contributed by atoms with Gasteiger partial charge in [-0.3, -0.25) is 0 Å². The lowest BCUT2D eigenvalue weighted by atomic mass is 9.65. The summed E-state index contributed by atoms with van der Waals surface area (Å²) in [4.78, 5) is 0. The van der Waals surface area contributed by atoms with E-state index in [4.69, 9.17) is 0 Å². The van der Waals surface area contributed by atoms with Gasteiger partial charge in [0.25, 0.3) is 0 Å². The summed E-state index contributed by atoms with van der Waals surface area (Å²) in [5, 5.41) is 9.24. The van der Waals surface area contributed by atoms with Gasteiger partial charge in [0.1, 0.15) is 0 Å². The number of aliphatic hydroxyl groups excluding tert-OH is 1. The summed E-state index contributed by atoms with van der Waals surface area (Å²) < 4.78 is 0. The molecule has 3 unspecified atom stereocenters. The molecule has 3 atom stereocenters. The maximum atomic E-state index is 9.24. The van der Waals surface area contributed by atoms with Gasteiger partial charge in [0, 0.05) is 6.61 Å². The van der Waals surface area contributed by atoms with Crippen LogP contribution in [0.25, 0.3) is 0 Å². The van der Waals surface area contributed by atoms with Crippen molar-refractivity contribution >= 4 is 0 Å². The third-order valence-electron chi connectivity index (χ3n) is 5.27. The summed E-state index contributed by atoms with van der Waals surface area (Å²) in [6, 6.07) is 0. The molecule has 0 aliphatic heterocycles. The van der Waals surface area contributed by atoms with Crippen LogP contribution < -0.4 is 0 Å². The molecule has 2 aliphatic carbocycles. The van der Waals surface area contributed by atoms with Gasteiger partial charge >= 0.3 is 0 Å². The van der Waals surface area contributed by atoms with E-state index in [1.54, 1.807) is 0 Å². The molecule has 2 aliphatic rings. The van der Waals surface area contributed by atoms with Crippen molar-refractivity contribution in [2.45, 2.75) is 58.8 Å². The van der Waals surface area contributed by atoms with E-state index in [1.165, 1.54) is 44.9 Å². The van der Waals surface area contributed by atoms with E-state index in [0.717, 1.165) is 23.7 Å². The molecule has 16 heavy (non-hydrogen) atoms. The lowest BCUT2D eigenvalue weighted by Gasteiger charge is -2.41. The van der Waals surface area contributed by atoms with Gasteiger partial charge in [-0.05, 0) is 61.7 Å². The SMILES string of the molecule is CC1CCC(C2CCC(CO)CC2C)CC1. The van der Waals surface area contributed by atoms with E-state index in [0.29, 0.717) is 12.5 Å². The van der Waals surface area contributed by atoms with Crippen LogP contribution >= 0.6 is 0 Å². The molecule has 0 saturated heterocycles. The fourth-order valence-electron chi connectivity index (χ4n) is 4.11. The molecule has 0 aromatic carbocycles. The predicted molar refractivity (Wildman–Crippen MR) is 68.2 cm³/mol. The normalized spacial score (nSPS) is 45.6. The Bertz CT molecular complexity index is 205. The molecule has 1 N–H and O–H groups in total. The van der Waals surface area contributed by atoms with Gasteiger partial charge in [-0.1, -0.05) is 26.7 Å². The van der Waals surface area contributed by atoms with Crippen molar-refractivity contribution in [2.75, 3.05) is 6.61 Å². The molecule has 1 nitrogen and oxygen atoms in total. The topological polar surface area (TPSA) is 20.2 Å². The number of aliphatic hydroxyl groups is 1. The first kappa shape index (κ1) is 12.4. The molecule has 94 valence electrons. The van der Waals surface area contributed by atoms with E-state index in [-0.39, 0.29) is 0 Å². The number of rotatable bonds is 2. The van der Waals surface area contributed by atoms with Gasteiger partial charge < -0.3 is 5.11 Å². The van der Waals surface area contributed by atoms with Crippen LogP contribution in [0.3, 0.4) is 0 Å². The molecule has 0 heterocycles. The molecule has 1 heteroatoms. The predicted octanol–water partition coefficient (Wildman–Crippen LogP) is 3.86. The molecule has 0 aromatic heterocycles. The van der Waals surface area contributed by atoms with E-state index >= 15 is 0 Å². The Labute approximate surface area is 101 Å². The van der Waals surface area contributed by atoms with Crippen LogP contribution in [-0.2, 0) is 0 Å². The Morgan fingerprint density at radius 1 is 0.938 bits per heavy atom. The molecule has 2 fully saturated rings. The molecular weight excluding hydrogens is 196 g/mol. The molecule has 0 radical (unpaired) electrons. The smallest absolute Gasteiger partial charge is 0.0459 e. The third kappa shape index (κ3) is 2.80. The quantitative estimate of drug-likeness (QED) is 0.755. The second-order valence-electron chi connectivity index (χ2n) is 6.52. The van der Waals surface area contributed by atoms with E-state index in [1.807, 2.05) is 0 Å². The summed E-state index contributed by atoms with van der Waals surface area (Å²) in [6.07, 6.45) is 9.78. The molecule has 0 bridgehead atoms. The minimum atomic E-state index is 0.415. The number of hydrogen-bond acceptors (Lipinski definition) is 1. The third-order valence-corrected chi connectivity index (χ3v) is 5.27. The van der Waals surface area contributed by atoms with Crippen LogP contribution in [0.15, 0.2) is 0 Å². The van der Waals surface area contributed by atoms with Crippen LogP contribution in [0.1, 0.15) is 58.8 Å². The second-order valence-corrected chi connectivity index (χ2v) is 6.52. The summed E-state index contributed by atoms with van der Waals surface area (Å²) in [5.74, 6) is 4.40. The molecule has 0 amide bonds. The minimum absolute atomic E-state index is 0.415. The zero-order valence-electron chi connectivity index (χ0n) is 11.0. The Kier molecular flexibility index (Phi) is 4.29. The van der Waals surface area contributed by atoms with Crippen molar-refractivity contribution in [2.24, 2.45) is 29.6 Å². The summed E-state index contributed by atoms with van der Waals surface area (Å²) in [6.45, 7) is 5.24. The molecule has 0 aromatic rings.